The number of hydrogen-bond acceptors (Lipinski definition) is 5. The molecule has 1 unspecified atom stereocenters. The molecule has 26 heavy (non-hydrogen) atoms. The number of carbonyl (C=O) groups excluding carboxylic acids is 2. The molecule has 2 aliphatic rings. The van der Waals surface area contributed by atoms with E-state index < -0.39 is 22.1 Å². The van der Waals surface area contributed by atoms with E-state index >= 15 is 0 Å². The Morgan fingerprint density at radius 3 is 2.62 bits per heavy atom. The van der Waals surface area contributed by atoms with Crippen molar-refractivity contribution in [2.45, 2.75) is 51.2 Å². The number of benzene rings is 1. The monoisotopic (exact) mass is 380 g/mol. The van der Waals surface area contributed by atoms with Gasteiger partial charge in [0.2, 0.25) is 10.0 Å². The van der Waals surface area contributed by atoms with E-state index in [2.05, 4.69) is 5.32 Å². The van der Waals surface area contributed by atoms with Gasteiger partial charge in [0.15, 0.2) is 6.10 Å². The van der Waals surface area contributed by atoms with E-state index in [-0.39, 0.29) is 11.9 Å². The Hall–Kier alpha value is -2.09. The lowest BCUT2D eigenvalue weighted by Crippen LogP contribution is -2.40. The van der Waals surface area contributed by atoms with E-state index in [1.165, 1.54) is 10.4 Å². The third kappa shape index (κ3) is 4.00. The third-order valence-corrected chi connectivity index (χ3v) is 6.10. The average Bonchev–Trinajstić information content (AvgIpc) is 3.22. The molecule has 1 aliphatic carbocycles. The molecule has 3 rings (SSSR count). The first-order chi connectivity index (χ1) is 12.3. The van der Waals surface area contributed by atoms with E-state index in [0.717, 1.165) is 37.5 Å². The second-order valence-electron chi connectivity index (χ2n) is 6.97. The Morgan fingerprint density at radius 2 is 1.96 bits per heavy atom. The molecule has 1 heterocycles. The zero-order valence-electron chi connectivity index (χ0n) is 15.0. The Labute approximate surface area is 153 Å². The maximum absolute atomic E-state index is 12.3. The van der Waals surface area contributed by atoms with Crippen molar-refractivity contribution < 1.29 is 22.7 Å². The van der Waals surface area contributed by atoms with Crippen LogP contribution in [0.5, 0.6) is 0 Å². The van der Waals surface area contributed by atoms with Crippen LogP contribution in [0, 0.1) is 0 Å². The fourth-order valence-corrected chi connectivity index (χ4v) is 4.47. The minimum Gasteiger partial charge on any atom is -0.449 e. The van der Waals surface area contributed by atoms with Gasteiger partial charge in [-0.2, -0.15) is 0 Å². The zero-order chi connectivity index (χ0) is 18.9. The lowest BCUT2D eigenvalue weighted by molar-refractivity contribution is -0.129. The first-order valence-corrected chi connectivity index (χ1v) is 10.7. The predicted octanol–water partition coefficient (Wildman–Crippen LogP) is 1.61. The number of anilines is 1. The van der Waals surface area contributed by atoms with Crippen LogP contribution in [-0.2, 0) is 26.0 Å². The molecule has 7 nitrogen and oxygen atoms in total. The highest BCUT2D eigenvalue weighted by atomic mass is 32.2. The molecule has 1 aliphatic heterocycles. The molecule has 1 fully saturated rings. The van der Waals surface area contributed by atoms with Crippen molar-refractivity contribution in [1.29, 1.82) is 0 Å². The van der Waals surface area contributed by atoms with Gasteiger partial charge in [0.05, 0.1) is 17.5 Å². The Bertz CT molecular complexity index is 815. The van der Waals surface area contributed by atoms with E-state index in [4.69, 9.17) is 4.74 Å². The minimum atomic E-state index is -3.33. The van der Waals surface area contributed by atoms with Crippen LogP contribution in [0.25, 0.3) is 0 Å². The van der Waals surface area contributed by atoms with Crippen molar-refractivity contribution in [1.82, 2.24) is 5.32 Å². The van der Waals surface area contributed by atoms with Gasteiger partial charge < -0.3 is 10.1 Å². The molecule has 0 bridgehead atoms. The van der Waals surface area contributed by atoms with Crippen LogP contribution in [0.3, 0.4) is 0 Å². The topological polar surface area (TPSA) is 92.8 Å². The molecule has 0 spiro atoms. The Morgan fingerprint density at radius 1 is 1.27 bits per heavy atom. The first-order valence-electron chi connectivity index (χ1n) is 8.87. The van der Waals surface area contributed by atoms with Gasteiger partial charge in [-0.1, -0.05) is 12.8 Å². The lowest BCUT2D eigenvalue weighted by Gasteiger charge is -2.18. The van der Waals surface area contributed by atoms with Crippen molar-refractivity contribution in [3.63, 3.8) is 0 Å². The van der Waals surface area contributed by atoms with E-state index in [9.17, 15) is 18.0 Å². The summed E-state index contributed by atoms with van der Waals surface area (Å²) in [6, 6.07) is 4.96. The summed E-state index contributed by atoms with van der Waals surface area (Å²) in [7, 11) is -3.33. The molecular formula is C18H24N2O5S. The molecule has 0 aromatic heterocycles. The van der Waals surface area contributed by atoms with Gasteiger partial charge in [0, 0.05) is 12.6 Å². The summed E-state index contributed by atoms with van der Waals surface area (Å²) in [4.78, 5) is 24.5. The number of hydrogen-bond donors (Lipinski definition) is 1. The highest BCUT2D eigenvalue weighted by Crippen LogP contribution is 2.31. The van der Waals surface area contributed by atoms with Gasteiger partial charge >= 0.3 is 5.97 Å². The Kier molecular flexibility index (Phi) is 5.22. The van der Waals surface area contributed by atoms with Crippen LogP contribution in [0.15, 0.2) is 18.2 Å². The zero-order valence-corrected chi connectivity index (χ0v) is 15.8. The maximum atomic E-state index is 12.3. The standard InChI is InChI=1S/C18H24N2O5S/c1-12(17(21)19-15-5-3-4-6-15)25-18(22)14-7-8-16-13(11-14)9-10-20(16)26(2,23)24/h7-8,11-12,15H,3-6,9-10H2,1-2H3,(H,19,21). The molecule has 1 aromatic carbocycles. The number of sulfonamides is 1. The van der Waals surface area contributed by atoms with E-state index in [1.807, 2.05) is 0 Å². The van der Waals surface area contributed by atoms with E-state index in [1.54, 1.807) is 19.1 Å². The van der Waals surface area contributed by atoms with Gasteiger partial charge in [-0.25, -0.2) is 13.2 Å². The number of rotatable bonds is 5. The molecule has 1 saturated carbocycles. The summed E-state index contributed by atoms with van der Waals surface area (Å²) in [6.07, 6.45) is 4.99. The smallest absolute Gasteiger partial charge is 0.338 e. The van der Waals surface area contributed by atoms with Crippen LogP contribution >= 0.6 is 0 Å². The number of fused-ring (bicyclic) bond motifs is 1. The molecule has 8 heteroatoms. The second kappa shape index (κ2) is 7.26. The van der Waals surface area contributed by atoms with E-state index in [0.29, 0.717) is 24.2 Å². The van der Waals surface area contributed by atoms with Gasteiger partial charge in [-0.05, 0) is 49.9 Å². The molecule has 1 amide bonds. The summed E-state index contributed by atoms with van der Waals surface area (Å²) < 4.78 is 30.1. The number of nitrogens with zero attached hydrogens (tertiary/aromatic N) is 1. The molecule has 142 valence electrons. The molecule has 1 aromatic rings. The van der Waals surface area contributed by atoms with Gasteiger partial charge in [-0.15, -0.1) is 0 Å². The fourth-order valence-electron chi connectivity index (χ4n) is 3.51. The summed E-state index contributed by atoms with van der Waals surface area (Å²) in [5, 5.41) is 2.91. The van der Waals surface area contributed by atoms with Crippen LogP contribution < -0.4 is 9.62 Å². The van der Waals surface area contributed by atoms with Crippen LogP contribution in [0.4, 0.5) is 5.69 Å². The third-order valence-electron chi connectivity index (χ3n) is 4.92. The van der Waals surface area contributed by atoms with Crippen molar-refractivity contribution in [2.24, 2.45) is 0 Å². The fraction of sp³-hybridized carbons (Fsp3) is 0.556. The van der Waals surface area contributed by atoms with Crippen molar-refractivity contribution >= 4 is 27.6 Å². The van der Waals surface area contributed by atoms with Crippen molar-refractivity contribution in [2.75, 3.05) is 17.1 Å². The number of carbonyl (C=O) groups is 2. The molecule has 1 atom stereocenters. The molecule has 0 saturated heterocycles. The SMILES string of the molecule is CC(OC(=O)c1ccc2c(c1)CCN2S(C)(=O)=O)C(=O)NC1CCCC1. The largest absolute Gasteiger partial charge is 0.449 e. The first kappa shape index (κ1) is 18.7. The second-order valence-corrected chi connectivity index (χ2v) is 8.87. The van der Waals surface area contributed by atoms with Crippen LogP contribution in [0.2, 0.25) is 0 Å². The highest BCUT2D eigenvalue weighted by Gasteiger charge is 2.28. The molecular weight excluding hydrogens is 356 g/mol. The number of amides is 1. The summed E-state index contributed by atoms with van der Waals surface area (Å²) in [5.74, 6) is -0.866. The maximum Gasteiger partial charge on any atom is 0.338 e. The number of esters is 1. The van der Waals surface area contributed by atoms with Crippen LogP contribution in [0.1, 0.15) is 48.5 Å². The predicted molar refractivity (Wildman–Crippen MR) is 97.6 cm³/mol. The van der Waals surface area contributed by atoms with Crippen molar-refractivity contribution in [3.05, 3.63) is 29.3 Å². The summed E-state index contributed by atoms with van der Waals surface area (Å²) in [5.41, 5.74) is 1.70. The highest BCUT2D eigenvalue weighted by molar-refractivity contribution is 7.92. The minimum absolute atomic E-state index is 0.172. The van der Waals surface area contributed by atoms with Gasteiger partial charge in [0.1, 0.15) is 0 Å². The lowest BCUT2D eigenvalue weighted by atomic mass is 10.1. The average molecular weight is 380 g/mol. The normalized spacial score (nSPS) is 18.5. The van der Waals surface area contributed by atoms with Crippen molar-refractivity contribution in [3.8, 4) is 0 Å². The summed E-state index contributed by atoms with van der Waals surface area (Å²) >= 11 is 0. The Balaban J connectivity index is 1.64. The quantitative estimate of drug-likeness (QED) is 0.784. The number of nitrogens with one attached hydrogen (secondary N) is 1. The van der Waals surface area contributed by atoms with Gasteiger partial charge in [0.25, 0.3) is 5.91 Å². The molecule has 1 N–H and O–H groups in total. The van der Waals surface area contributed by atoms with Crippen LogP contribution in [-0.4, -0.2) is 45.2 Å². The number of ether oxygens (including phenoxy) is 1. The summed E-state index contributed by atoms with van der Waals surface area (Å²) in [6.45, 7) is 1.92. The molecule has 0 radical (unpaired) electrons. The van der Waals surface area contributed by atoms with Gasteiger partial charge in [-0.3, -0.25) is 9.10 Å².